The molecule has 0 saturated carbocycles. The number of hydrogen-bond donors (Lipinski definition) is 2. The van der Waals surface area contributed by atoms with Gasteiger partial charge in [0.05, 0.1) is 11.1 Å². The van der Waals surface area contributed by atoms with Crippen LogP contribution in [-0.2, 0) is 11.2 Å². The molecule has 36 heavy (non-hydrogen) atoms. The number of amides is 4. The van der Waals surface area contributed by atoms with Gasteiger partial charge in [0.1, 0.15) is 5.54 Å². The Labute approximate surface area is 206 Å². The number of nitrogens with zero attached hydrogens (tertiary/aromatic N) is 3. The summed E-state index contributed by atoms with van der Waals surface area (Å²) in [5, 5.41) is 8.26. The van der Waals surface area contributed by atoms with Crippen LogP contribution in [0.25, 0.3) is 16.5 Å². The van der Waals surface area contributed by atoms with Gasteiger partial charge in [0, 0.05) is 5.39 Å². The third-order valence-corrected chi connectivity index (χ3v) is 6.25. The highest BCUT2D eigenvalue weighted by molar-refractivity contribution is 6.11. The summed E-state index contributed by atoms with van der Waals surface area (Å²) in [5.74, 6) is -1.36. The maximum atomic E-state index is 13.3. The minimum absolute atomic E-state index is 0.0902. The number of para-hydroxylation sites is 1. The number of nitrogens with one attached hydrogen (secondary N) is 2. The molecule has 1 aromatic heterocycles. The fraction of sp³-hybridized carbons (Fsp3) is 0.148. The Morgan fingerprint density at radius 3 is 2.19 bits per heavy atom. The molecule has 180 valence electrons. The molecule has 1 saturated heterocycles. The van der Waals surface area contributed by atoms with Gasteiger partial charge in [-0.1, -0.05) is 66.7 Å². The van der Waals surface area contributed by atoms with Gasteiger partial charge in [0.2, 0.25) is 0 Å². The van der Waals surface area contributed by atoms with Crippen LogP contribution in [0.4, 0.5) is 4.79 Å². The van der Waals surface area contributed by atoms with Crippen LogP contribution >= 0.6 is 0 Å². The topological polar surface area (TPSA) is 113 Å². The number of benzene rings is 3. The van der Waals surface area contributed by atoms with E-state index in [1.165, 1.54) is 0 Å². The number of imide groups is 1. The smallest absolute Gasteiger partial charge is 0.322 e. The first-order chi connectivity index (χ1) is 17.4. The van der Waals surface area contributed by atoms with Crippen molar-refractivity contribution in [2.24, 2.45) is 0 Å². The molecule has 3 aromatic carbocycles. The molecule has 0 aliphatic carbocycles. The molecule has 2 heterocycles. The number of hydrazine groups is 1. The minimum atomic E-state index is -1.18. The zero-order chi connectivity index (χ0) is 25.3. The summed E-state index contributed by atoms with van der Waals surface area (Å²) in [6.07, 6.45) is 0.924. The molecule has 9 nitrogen and oxygen atoms in total. The molecule has 5 rings (SSSR count). The second kappa shape index (κ2) is 9.10. The Bertz CT molecular complexity index is 1530. The molecule has 0 unspecified atom stereocenters. The lowest BCUT2D eigenvalue weighted by atomic mass is 9.93. The van der Waals surface area contributed by atoms with E-state index in [9.17, 15) is 19.2 Å². The average molecular weight is 482 g/mol. The number of fused-ring (bicyclic) bond motifs is 1. The quantitative estimate of drug-likeness (QED) is 0.411. The first kappa shape index (κ1) is 23.0. The van der Waals surface area contributed by atoms with Gasteiger partial charge in [-0.2, -0.15) is 14.8 Å². The van der Waals surface area contributed by atoms with Gasteiger partial charge in [-0.25, -0.2) is 4.79 Å². The number of rotatable bonds is 6. The largest absolute Gasteiger partial charge is 0.344 e. The summed E-state index contributed by atoms with van der Waals surface area (Å²) in [4.78, 5) is 52.3. The van der Waals surface area contributed by atoms with Crippen LogP contribution in [0.2, 0.25) is 0 Å². The van der Waals surface area contributed by atoms with Crippen molar-refractivity contribution in [3.8, 4) is 5.69 Å². The van der Waals surface area contributed by atoms with Crippen LogP contribution in [0.5, 0.6) is 0 Å². The molecule has 9 heteroatoms. The molecule has 1 fully saturated rings. The molecular formula is C27H23N5O4. The van der Waals surface area contributed by atoms with E-state index in [0.717, 1.165) is 10.2 Å². The molecular weight excluding hydrogens is 458 g/mol. The van der Waals surface area contributed by atoms with Crippen molar-refractivity contribution < 1.29 is 14.4 Å². The Morgan fingerprint density at radius 1 is 0.889 bits per heavy atom. The molecule has 4 amide bonds. The predicted molar refractivity (Wildman–Crippen MR) is 133 cm³/mol. The van der Waals surface area contributed by atoms with Crippen molar-refractivity contribution in [3.05, 3.63) is 107 Å². The number of urea groups is 1. The Hall–Kier alpha value is -4.79. The first-order valence-corrected chi connectivity index (χ1v) is 11.5. The number of carbonyl (C=O) groups excluding carboxylic acids is 3. The van der Waals surface area contributed by atoms with E-state index in [1.54, 1.807) is 61.5 Å². The predicted octanol–water partition coefficient (Wildman–Crippen LogP) is 2.97. The summed E-state index contributed by atoms with van der Waals surface area (Å²) in [5.41, 5.74) is 2.24. The minimum Gasteiger partial charge on any atom is -0.322 e. The van der Waals surface area contributed by atoms with Crippen LogP contribution in [0.15, 0.2) is 89.7 Å². The third-order valence-electron chi connectivity index (χ3n) is 6.25. The Kier molecular flexibility index (Phi) is 5.81. The summed E-state index contributed by atoms with van der Waals surface area (Å²) in [6.45, 7) is 1.63. The van der Waals surface area contributed by atoms with Gasteiger partial charge in [0.25, 0.3) is 17.4 Å². The van der Waals surface area contributed by atoms with E-state index in [-0.39, 0.29) is 11.1 Å². The van der Waals surface area contributed by atoms with Crippen molar-refractivity contribution in [1.82, 2.24) is 25.5 Å². The Morgan fingerprint density at radius 2 is 1.50 bits per heavy atom. The monoisotopic (exact) mass is 481 g/mol. The third kappa shape index (κ3) is 4.11. The van der Waals surface area contributed by atoms with Crippen LogP contribution in [-0.4, -0.2) is 38.2 Å². The van der Waals surface area contributed by atoms with Gasteiger partial charge in [-0.15, -0.1) is 0 Å². The van der Waals surface area contributed by atoms with Gasteiger partial charge in [-0.3, -0.25) is 19.8 Å². The maximum absolute atomic E-state index is 13.3. The highest BCUT2D eigenvalue weighted by Gasteiger charge is 2.48. The average Bonchev–Trinajstić information content (AvgIpc) is 3.12. The first-order valence-electron chi connectivity index (χ1n) is 11.5. The lowest BCUT2D eigenvalue weighted by Gasteiger charge is -2.21. The summed E-state index contributed by atoms with van der Waals surface area (Å²) in [7, 11) is 0. The van der Waals surface area contributed by atoms with E-state index >= 15 is 0 Å². The van der Waals surface area contributed by atoms with E-state index in [0.29, 0.717) is 28.9 Å². The van der Waals surface area contributed by atoms with Crippen LogP contribution in [0, 0.1) is 0 Å². The molecule has 1 aliphatic rings. The van der Waals surface area contributed by atoms with E-state index in [1.807, 2.05) is 30.3 Å². The van der Waals surface area contributed by atoms with Crippen molar-refractivity contribution >= 4 is 28.6 Å². The molecule has 1 atom stereocenters. The zero-order valence-corrected chi connectivity index (χ0v) is 19.5. The standard InChI is InChI=1S/C27H23N5O4/c1-27(17-16-18-10-4-2-5-11-18)25(35)32(26(36)28-27)30-23(33)22-20-14-8-9-15-21(20)24(34)31(29-22)19-12-6-3-7-13-19/h2-15H,16-17H2,1H3,(H,28,36)(H,30,33)/t27-/m0/s1. The summed E-state index contributed by atoms with van der Waals surface area (Å²) >= 11 is 0. The number of aromatic nitrogens is 2. The highest BCUT2D eigenvalue weighted by atomic mass is 16.2. The zero-order valence-electron chi connectivity index (χ0n) is 19.5. The van der Waals surface area contributed by atoms with Gasteiger partial charge in [0.15, 0.2) is 5.69 Å². The molecule has 4 aromatic rings. The van der Waals surface area contributed by atoms with Gasteiger partial charge < -0.3 is 5.32 Å². The molecule has 2 N–H and O–H groups in total. The molecule has 0 bridgehead atoms. The van der Waals surface area contributed by atoms with Crippen molar-refractivity contribution in [2.75, 3.05) is 0 Å². The summed E-state index contributed by atoms with van der Waals surface area (Å²) < 4.78 is 1.13. The molecule has 0 radical (unpaired) electrons. The second-order valence-electron chi connectivity index (χ2n) is 8.78. The van der Waals surface area contributed by atoms with E-state index in [2.05, 4.69) is 15.8 Å². The molecule has 1 aliphatic heterocycles. The van der Waals surface area contributed by atoms with Crippen molar-refractivity contribution in [2.45, 2.75) is 25.3 Å². The van der Waals surface area contributed by atoms with Crippen LogP contribution in [0.3, 0.4) is 0 Å². The lowest BCUT2D eigenvalue weighted by Crippen LogP contribution is -2.49. The maximum Gasteiger partial charge on any atom is 0.344 e. The lowest BCUT2D eigenvalue weighted by molar-refractivity contribution is -0.132. The number of aryl methyl sites for hydroxylation is 1. The van der Waals surface area contributed by atoms with E-state index in [4.69, 9.17) is 0 Å². The molecule has 0 spiro atoms. The Balaban J connectivity index is 1.44. The SMILES string of the molecule is C[C@@]1(CCc2ccccc2)NC(=O)N(NC(=O)c2nn(-c3ccccc3)c(=O)c3ccccc23)C1=O. The van der Waals surface area contributed by atoms with Crippen molar-refractivity contribution in [3.63, 3.8) is 0 Å². The fourth-order valence-corrected chi connectivity index (χ4v) is 4.25. The van der Waals surface area contributed by atoms with Gasteiger partial charge in [-0.05, 0) is 43.5 Å². The fourth-order valence-electron chi connectivity index (χ4n) is 4.25. The number of hydrogen-bond acceptors (Lipinski definition) is 5. The number of carbonyl (C=O) groups is 3. The highest BCUT2D eigenvalue weighted by Crippen LogP contribution is 2.23. The van der Waals surface area contributed by atoms with Crippen LogP contribution in [0.1, 0.15) is 29.4 Å². The van der Waals surface area contributed by atoms with Gasteiger partial charge >= 0.3 is 6.03 Å². The van der Waals surface area contributed by atoms with E-state index < -0.39 is 28.9 Å². The van der Waals surface area contributed by atoms with Crippen LogP contribution < -0.4 is 16.3 Å². The normalized spacial score (nSPS) is 17.3. The van der Waals surface area contributed by atoms with Crippen molar-refractivity contribution in [1.29, 1.82) is 0 Å². The second-order valence-corrected chi connectivity index (χ2v) is 8.78. The summed E-state index contributed by atoms with van der Waals surface area (Å²) in [6, 6.07) is 24.2.